The van der Waals surface area contributed by atoms with Crippen LogP contribution in [0.2, 0.25) is 0 Å². The molecule has 43 heavy (non-hydrogen) atoms. The van der Waals surface area contributed by atoms with Crippen molar-refractivity contribution in [2.45, 2.75) is 44.4 Å². The van der Waals surface area contributed by atoms with Gasteiger partial charge in [-0.15, -0.1) is 0 Å². The van der Waals surface area contributed by atoms with Gasteiger partial charge in [0, 0.05) is 12.6 Å². The number of rotatable bonds is 7. The predicted molar refractivity (Wildman–Crippen MR) is 144 cm³/mol. The SMILES string of the molecule is CC.O=C(/C=C/c1ccc(F)cc1)NCc1ccc2nc(S(=O)(=O)O)n(Cc3ccc(C(F)(F)F)cc3C(F)(F)F)c2c1. The zero-order valence-electron chi connectivity index (χ0n) is 22.5. The molecule has 0 atom stereocenters. The summed E-state index contributed by atoms with van der Waals surface area (Å²) in [6.45, 7) is 2.97. The standard InChI is InChI=1S/C26H18F7N3O4S.C2H6/c27-19-7-1-15(2-8-19)4-10-23(37)34-13-16-3-9-21-22(11-16)36(24(35-21)41(38,39)40)14-17-5-6-18(25(28,29)30)12-20(17)26(31,32)33;1-2/h1-12H,13-14H2,(H,34,37)(H,38,39,40);1-2H3/b10-4+;. The molecule has 0 spiro atoms. The van der Waals surface area contributed by atoms with Crippen LogP contribution in [0.1, 0.15) is 41.7 Å². The number of hydrogen-bond donors (Lipinski definition) is 2. The summed E-state index contributed by atoms with van der Waals surface area (Å²) in [5.41, 5.74) is -3.13. The molecule has 4 aromatic rings. The molecule has 1 aromatic heterocycles. The van der Waals surface area contributed by atoms with E-state index < -0.39 is 62.6 Å². The first-order chi connectivity index (χ1) is 20.0. The second kappa shape index (κ2) is 13.0. The molecule has 2 N–H and O–H groups in total. The van der Waals surface area contributed by atoms with Crippen molar-refractivity contribution < 1.29 is 48.5 Å². The van der Waals surface area contributed by atoms with Crippen molar-refractivity contribution >= 4 is 33.1 Å². The summed E-state index contributed by atoms with van der Waals surface area (Å²) in [5, 5.41) is 1.52. The number of imidazole rings is 1. The average Bonchev–Trinajstić information content (AvgIpc) is 3.30. The van der Waals surface area contributed by atoms with Crippen LogP contribution in [0.25, 0.3) is 17.1 Å². The summed E-state index contributed by atoms with van der Waals surface area (Å²) in [5.74, 6) is -1.01. The molecule has 0 aliphatic carbocycles. The summed E-state index contributed by atoms with van der Waals surface area (Å²) in [7, 11) is -5.08. The van der Waals surface area contributed by atoms with Crippen LogP contribution in [0.15, 0.2) is 71.9 Å². The minimum atomic E-state index is -5.22. The van der Waals surface area contributed by atoms with Crippen LogP contribution in [-0.2, 0) is 40.4 Å². The van der Waals surface area contributed by atoms with Gasteiger partial charge in [0.1, 0.15) is 5.82 Å². The Bertz CT molecular complexity index is 1750. The van der Waals surface area contributed by atoms with E-state index in [4.69, 9.17) is 0 Å². The summed E-state index contributed by atoms with van der Waals surface area (Å²) in [6.07, 6.45) is -7.68. The van der Waals surface area contributed by atoms with Crippen molar-refractivity contribution in [2.24, 2.45) is 0 Å². The van der Waals surface area contributed by atoms with Gasteiger partial charge in [-0.3, -0.25) is 9.35 Å². The van der Waals surface area contributed by atoms with E-state index in [-0.39, 0.29) is 23.6 Å². The van der Waals surface area contributed by atoms with Crippen LogP contribution in [0.4, 0.5) is 30.7 Å². The molecular formula is C28H24F7N3O4S. The largest absolute Gasteiger partial charge is 0.416 e. The molecule has 3 aromatic carbocycles. The first-order valence-corrected chi connectivity index (χ1v) is 13.9. The number of carbonyl (C=O) groups is 1. The van der Waals surface area contributed by atoms with Gasteiger partial charge in [0.2, 0.25) is 5.91 Å². The lowest BCUT2D eigenvalue weighted by molar-refractivity contribution is -0.143. The average molecular weight is 632 g/mol. The number of alkyl halides is 6. The van der Waals surface area contributed by atoms with Crippen molar-refractivity contribution in [1.29, 1.82) is 0 Å². The lowest BCUT2D eigenvalue weighted by Gasteiger charge is -2.17. The molecule has 4 rings (SSSR count). The molecule has 0 radical (unpaired) electrons. The Kier molecular flexibility index (Phi) is 10.0. The van der Waals surface area contributed by atoms with E-state index in [2.05, 4.69) is 10.3 Å². The van der Waals surface area contributed by atoms with Crippen LogP contribution in [0.5, 0.6) is 0 Å². The van der Waals surface area contributed by atoms with Gasteiger partial charge < -0.3 is 9.88 Å². The number of nitrogens with one attached hydrogen (secondary N) is 1. The van der Waals surface area contributed by atoms with Gasteiger partial charge in [-0.1, -0.05) is 38.1 Å². The molecule has 0 bridgehead atoms. The smallest absolute Gasteiger partial charge is 0.348 e. The first-order valence-electron chi connectivity index (χ1n) is 12.5. The number of nitrogens with zero attached hydrogens (tertiary/aromatic N) is 2. The zero-order valence-corrected chi connectivity index (χ0v) is 23.3. The van der Waals surface area contributed by atoms with Gasteiger partial charge in [-0.2, -0.15) is 34.8 Å². The number of hydrogen-bond acceptors (Lipinski definition) is 4. The Hall–Kier alpha value is -4.24. The number of carbonyl (C=O) groups excluding carboxylic acids is 1. The van der Waals surface area contributed by atoms with Crippen molar-refractivity contribution in [1.82, 2.24) is 14.9 Å². The Morgan fingerprint density at radius 2 is 1.60 bits per heavy atom. The molecule has 0 fully saturated rings. The fourth-order valence-electron chi connectivity index (χ4n) is 3.92. The Morgan fingerprint density at radius 1 is 0.953 bits per heavy atom. The molecule has 0 aliphatic heterocycles. The Morgan fingerprint density at radius 3 is 2.19 bits per heavy atom. The van der Waals surface area contributed by atoms with Crippen LogP contribution in [0.3, 0.4) is 0 Å². The second-order valence-electron chi connectivity index (χ2n) is 8.75. The summed E-state index contributed by atoms with van der Waals surface area (Å²) in [6, 6.07) is 10.3. The number of amides is 1. The highest BCUT2D eigenvalue weighted by molar-refractivity contribution is 7.85. The highest BCUT2D eigenvalue weighted by atomic mass is 32.2. The zero-order chi connectivity index (χ0) is 32.2. The van der Waals surface area contributed by atoms with Gasteiger partial charge in [-0.25, -0.2) is 9.37 Å². The van der Waals surface area contributed by atoms with Crippen molar-refractivity contribution in [3.05, 3.63) is 100 Å². The molecule has 0 aliphatic rings. The number of fused-ring (bicyclic) bond motifs is 1. The summed E-state index contributed by atoms with van der Waals surface area (Å²) in [4.78, 5) is 16.0. The lowest BCUT2D eigenvalue weighted by atomic mass is 10.0. The predicted octanol–water partition coefficient (Wildman–Crippen LogP) is 6.86. The van der Waals surface area contributed by atoms with E-state index in [0.29, 0.717) is 23.3 Å². The first kappa shape index (κ1) is 33.3. The van der Waals surface area contributed by atoms with Crippen LogP contribution in [0, 0.1) is 5.82 Å². The molecule has 0 unspecified atom stereocenters. The topological polar surface area (TPSA) is 101 Å². The van der Waals surface area contributed by atoms with E-state index in [1.807, 2.05) is 13.8 Å². The molecular weight excluding hydrogens is 607 g/mol. The third-order valence-corrected chi connectivity index (χ3v) is 6.62. The van der Waals surface area contributed by atoms with E-state index in [1.165, 1.54) is 54.6 Å². The van der Waals surface area contributed by atoms with Crippen LogP contribution < -0.4 is 5.32 Å². The quantitative estimate of drug-likeness (QED) is 0.132. The Labute approximate surface area is 241 Å². The third kappa shape index (κ3) is 8.41. The monoisotopic (exact) mass is 631 g/mol. The van der Waals surface area contributed by atoms with Gasteiger partial charge in [0.25, 0.3) is 5.16 Å². The highest BCUT2D eigenvalue weighted by Gasteiger charge is 2.38. The minimum Gasteiger partial charge on any atom is -0.348 e. The van der Waals surface area contributed by atoms with E-state index in [1.54, 1.807) is 0 Å². The molecule has 0 saturated heterocycles. The number of aromatic nitrogens is 2. The summed E-state index contributed by atoms with van der Waals surface area (Å²) >= 11 is 0. The van der Waals surface area contributed by atoms with E-state index >= 15 is 0 Å². The van der Waals surface area contributed by atoms with E-state index in [0.717, 1.165) is 4.57 Å². The number of halogens is 7. The maximum atomic E-state index is 13.7. The normalized spacial score (nSPS) is 12.3. The fourth-order valence-corrected chi connectivity index (χ4v) is 4.58. The fraction of sp³-hybridized carbons (Fsp3) is 0.214. The molecule has 230 valence electrons. The molecule has 15 heteroatoms. The molecule has 1 heterocycles. The van der Waals surface area contributed by atoms with Crippen molar-refractivity contribution in [2.75, 3.05) is 0 Å². The van der Waals surface area contributed by atoms with Gasteiger partial charge in [-0.05, 0) is 59.2 Å². The third-order valence-electron chi connectivity index (χ3n) is 5.84. The van der Waals surface area contributed by atoms with Gasteiger partial charge in [0.15, 0.2) is 0 Å². The molecule has 7 nitrogen and oxygen atoms in total. The number of benzene rings is 3. The minimum absolute atomic E-state index is 0.0515. The van der Waals surface area contributed by atoms with Crippen LogP contribution >= 0.6 is 0 Å². The van der Waals surface area contributed by atoms with Gasteiger partial charge >= 0.3 is 22.5 Å². The Balaban J connectivity index is 0.00000248. The van der Waals surface area contributed by atoms with E-state index in [9.17, 15) is 48.5 Å². The second-order valence-corrected chi connectivity index (χ2v) is 10.1. The lowest BCUT2D eigenvalue weighted by Crippen LogP contribution is -2.20. The van der Waals surface area contributed by atoms with Crippen LogP contribution in [-0.4, -0.2) is 28.4 Å². The highest BCUT2D eigenvalue weighted by Crippen LogP contribution is 2.38. The molecule has 0 saturated carbocycles. The summed E-state index contributed by atoms with van der Waals surface area (Å²) < 4.78 is 128. The maximum absolute atomic E-state index is 13.7. The van der Waals surface area contributed by atoms with Crippen molar-refractivity contribution in [3.8, 4) is 0 Å². The maximum Gasteiger partial charge on any atom is 0.416 e. The van der Waals surface area contributed by atoms with Crippen molar-refractivity contribution in [3.63, 3.8) is 0 Å². The van der Waals surface area contributed by atoms with Gasteiger partial charge in [0.05, 0.1) is 28.7 Å². The molecule has 1 amide bonds.